The zero-order chi connectivity index (χ0) is 17.4. The third kappa shape index (κ3) is 6.32. The highest BCUT2D eigenvalue weighted by atomic mass is 127. The van der Waals surface area contributed by atoms with E-state index in [0.29, 0.717) is 12.5 Å². The summed E-state index contributed by atoms with van der Waals surface area (Å²) in [5, 5.41) is 12.3. The Balaban J connectivity index is 0.00000312. The maximum atomic E-state index is 9.06. The number of hydrogen-bond donors (Lipinski definition) is 3. The van der Waals surface area contributed by atoms with Crippen molar-refractivity contribution in [3.63, 3.8) is 0 Å². The summed E-state index contributed by atoms with van der Waals surface area (Å²) in [6.07, 6.45) is 2.74. The fourth-order valence-electron chi connectivity index (χ4n) is 2.69. The monoisotopic (exact) mass is 453 g/mol. The molecule has 0 amide bonds. The fourth-order valence-corrected chi connectivity index (χ4v) is 2.69. The van der Waals surface area contributed by atoms with E-state index in [0.717, 1.165) is 30.5 Å². The number of aliphatic hydroxyl groups is 1. The Morgan fingerprint density at radius 2 is 1.56 bits per heavy atom. The molecule has 2 rings (SSSR count). The quantitative estimate of drug-likeness (QED) is 0.339. The molecule has 0 radical (unpaired) electrons. The van der Waals surface area contributed by atoms with Crippen molar-refractivity contribution in [3.05, 3.63) is 64.7 Å². The van der Waals surface area contributed by atoms with Crippen LogP contribution in [0.4, 0.5) is 5.69 Å². The Morgan fingerprint density at radius 3 is 2.08 bits per heavy atom. The average Bonchev–Trinajstić information content (AvgIpc) is 2.62. The van der Waals surface area contributed by atoms with Crippen molar-refractivity contribution in [2.45, 2.75) is 39.7 Å². The number of rotatable bonds is 7. The molecule has 0 saturated carbocycles. The summed E-state index contributed by atoms with van der Waals surface area (Å²) in [4.78, 5) is 4.44. The van der Waals surface area contributed by atoms with Gasteiger partial charge in [0, 0.05) is 12.2 Å². The van der Waals surface area contributed by atoms with Crippen molar-refractivity contribution in [2.24, 2.45) is 10.7 Å². The lowest BCUT2D eigenvalue weighted by molar-refractivity contribution is 0.282. The third-order valence-corrected chi connectivity index (χ3v) is 4.14. The van der Waals surface area contributed by atoms with E-state index in [9.17, 15) is 0 Å². The smallest absolute Gasteiger partial charge is 0.193 e. The molecule has 0 aliphatic rings. The van der Waals surface area contributed by atoms with Crippen LogP contribution in [-0.4, -0.2) is 17.6 Å². The van der Waals surface area contributed by atoms with Gasteiger partial charge in [0.1, 0.15) is 0 Å². The molecular weight excluding hydrogens is 425 g/mol. The number of anilines is 1. The number of aryl methyl sites for hydroxylation is 2. The predicted molar refractivity (Wildman–Crippen MR) is 117 cm³/mol. The minimum Gasteiger partial charge on any atom is -0.392 e. The highest BCUT2D eigenvalue weighted by molar-refractivity contribution is 14.0. The molecule has 0 atom stereocenters. The first-order chi connectivity index (χ1) is 11.7. The molecule has 0 aliphatic heterocycles. The van der Waals surface area contributed by atoms with Crippen LogP contribution in [0.15, 0.2) is 47.5 Å². The maximum Gasteiger partial charge on any atom is 0.193 e. The summed E-state index contributed by atoms with van der Waals surface area (Å²) < 4.78 is 0. The summed E-state index contributed by atoms with van der Waals surface area (Å²) in [6, 6.07) is 14.2. The van der Waals surface area contributed by atoms with Gasteiger partial charge in [-0.1, -0.05) is 56.3 Å². The molecule has 0 aliphatic carbocycles. The second-order valence-corrected chi connectivity index (χ2v) is 5.77. The molecule has 0 heterocycles. The summed E-state index contributed by atoms with van der Waals surface area (Å²) in [5.74, 6) is 0.456. The second kappa shape index (κ2) is 11.1. The molecule has 0 bridgehead atoms. The standard InChI is InChI=1S/C20H27N3O.HI/c1-3-17-6-5-7-18(4-2)19(17)23-20(21)22-13-12-15-8-10-16(14-24)11-9-15;/h5-11,24H,3-4,12-14H2,1-2H3,(H3,21,22,23);1H. The molecule has 0 aromatic heterocycles. The van der Waals surface area contributed by atoms with Crippen LogP contribution >= 0.6 is 24.0 Å². The van der Waals surface area contributed by atoms with E-state index in [2.05, 4.69) is 42.4 Å². The lowest BCUT2D eigenvalue weighted by Crippen LogP contribution is -2.24. The summed E-state index contributed by atoms with van der Waals surface area (Å²) in [7, 11) is 0. The van der Waals surface area contributed by atoms with Gasteiger partial charge < -0.3 is 16.2 Å². The van der Waals surface area contributed by atoms with Gasteiger partial charge in [-0.05, 0) is 41.5 Å². The minimum atomic E-state index is 0. The fraction of sp³-hybridized carbons (Fsp3) is 0.350. The van der Waals surface area contributed by atoms with Crippen molar-refractivity contribution in [3.8, 4) is 0 Å². The number of hydrogen-bond acceptors (Lipinski definition) is 2. The molecule has 0 spiro atoms. The van der Waals surface area contributed by atoms with Gasteiger partial charge in [-0.3, -0.25) is 4.99 Å². The number of halogens is 1. The number of aliphatic imine (C=N–C) groups is 1. The van der Waals surface area contributed by atoms with E-state index in [4.69, 9.17) is 10.8 Å². The number of para-hydroxylation sites is 1. The number of nitrogens with two attached hydrogens (primary N) is 1. The van der Waals surface area contributed by atoms with Gasteiger partial charge in [0.05, 0.1) is 6.61 Å². The van der Waals surface area contributed by atoms with E-state index < -0.39 is 0 Å². The van der Waals surface area contributed by atoms with Gasteiger partial charge in [0.15, 0.2) is 5.96 Å². The highest BCUT2D eigenvalue weighted by Gasteiger charge is 2.06. The number of aliphatic hydroxyl groups excluding tert-OH is 1. The van der Waals surface area contributed by atoms with E-state index in [1.807, 2.05) is 24.3 Å². The van der Waals surface area contributed by atoms with Crippen LogP contribution < -0.4 is 11.1 Å². The molecule has 5 heteroatoms. The molecule has 0 unspecified atom stereocenters. The van der Waals surface area contributed by atoms with Gasteiger partial charge in [0.2, 0.25) is 0 Å². The summed E-state index contributed by atoms with van der Waals surface area (Å²) in [6.45, 7) is 4.99. The van der Waals surface area contributed by atoms with Crippen LogP contribution in [0, 0.1) is 0 Å². The van der Waals surface area contributed by atoms with Crippen molar-refractivity contribution < 1.29 is 5.11 Å². The normalized spacial score (nSPS) is 11.1. The number of nitrogens with one attached hydrogen (secondary N) is 1. The first kappa shape index (κ1) is 21.4. The Bertz CT molecular complexity index is 662. The lowest BCUT2D eigenvalue weighted by Gasteiger charge is -2.14. The van der Waals surface area contributed by atoms with E-state index in [1.54, 1.807) is 0 Å². The van der Waals surface area contributed by atoms with Gasteiger partial charge in [0.25, 0.3) is 0 Å². The number of nitrogens with zero attached hydrogens (tertiary/aromatic N) is 1. The zero-order valence-electron chi connectivity index (χ0n) is 15.0. The third-order valence-electron chi connectivity index (χ3n) is 4.14. The molecule has 136 valence electrons. The first-order valence-corrected chi connectivity index (χ1v) is 8.54. The Hall–Kier alpha value is -1.60. The molecule has 2 aromatic carbocycles. The van der Waals surface area contributed by atoms with Crippen LogP contribution in [0.3, 0.4) is 0 Å². The Morgan fingerprint density at radius 1 is 1.00 bits per heavy atom. The van der Waals surface area contributed by atoms with Gasteiger partial charge >= 0.3 is 0 Å². The van der Waals surface area contributed by atoms with Gasteiger partial charge in [-0.15, -0.1) is 24.0 Å². The largest absolute Gasteiger partial charge is 0.392 e. The first-order valence-electron chi connectivity index (χ1n) is 8.54. The predicted octanol–water partition coefficient (Wildman–Crippen LogP) is 3.89. The summed E-state index contributed by atoms with van der Waals surface area (Å²) >= 11 is 0. The van der Waals surface area contributed by atoms with Crippen LogP contribution in [0.1, 0.15) is 36.1 Å². The topological polar surface area (TPSA) is 70.6 Å². The molecule has 25 heavy (non-hydrogen) atoms. The Kier molecular flexibility index (Phi) is 9.52. The van der Waals surface area contributed by atoms with Gasteiger partial charge in [-0.2, -0.15) is 0 Å². The SMILES string of the molecule is CCc1cccc(CC)c1NC(N)=NCCc1ccc(CO)cc1.I. The number of benzene rings is 2. The van der Waals surface area contributed by atoms with Crippen LogP contribution in [-0.2, 0) is 25.9 Å². The maximum absolute atomic E-state index is 9.06. The van der Waals surface area contributed by atoms with Crippen molar-refractivity contribution in [2.75, 3.05) is 11.9 Å². The second-order valence-electron chi connectivity index (χ2n) is 5.77. The molecule has 4 N–H and O–H groups in total. The lowest BCUT2D eigenvalue weighted by atomic mass is 10.0. The molecule has 4 nitrogen and oxygen atoms in total. The average molecular weight is 453 g/mol. The highest BCUT2D eigenvalue weighted by Crippen LogP contribution is 2.22. The molecule has 0 saturated heterocycles. The van der Waals surface area contributed by atoms with Crippen LogP contribution in [0.5, 0.6) is 0 Å². The van der Waals surface area contributed by atoms with Crippen molar-refractivity contribution in [1.29, 1.82) is 0 Å². The van der Waals surface area contributed by atoms with Gasteiger partial charge in [-0.25, -0.2) is 0 Å². The van der Waals surface area contributed by atoms with Crippen LogP contribution in [0.25, 0.3) is 0 Å². The van der Waals surface area contributed by atoms with E-state index in [1.165, 1.54) is 16.7 Å². The minimum absolute atomic E-state index is 0. The van der Waals surface area contributed by atoms with Crippen molar-refractivity contribution >= 4 is 35.6 Å². The molecule has 2 aromatic rings. The van der Waals surface area contributed by atoms with Crippen molar-refractivity contribution in [1.82, 2.24) is 0 Å². The Labute approximate surface area is 167 Å². The summed E-state index contributed by atoms with van der Waals surface area (Å²) in [5.41, 5.74) is 11.8. The zero-order valence-corrected chi connectivity index (χ0v) is 17.3. The molecular formula is C20H28IN3O. The van der Waals surface area contributed by atoms with E-state index >= 15 is 0 Å². The number of guanidine groups is 1. The van der Waals surface area contributed by atoms with Crippen LogP contribution in [0.2, 0.25) is 0 Å². The van der Waals surface area contributed by atoms with E-state index in [-0.39, 0.29) is 30.6 Å². The molecule has 0 fully saturated rings.